The van der Waals surface area contributed by atoms with Gasteiger partial charge >= 0.3 is 0 Å². The fraction of sp³-hybridized carbons (Fsp3) is 0.783. The van der Waals surface area contributed by atoms with Crippen molar-refractivity contribution >= 4 is 0 Å². The summed E-state index contributed by atoms with van der Waals surface area (Å²) in [6.07, 6.45) is 25.4. The summed E-state index contributed by atoms with van der Waals surface area (Å²) in [5.41, 5.74) is 1.51. The number of nitrogens with zero attached hydrogens (tertiary/aromatic N) is 1. The quantitative estimate of drug-likeness (QED) is 0.307. The SMILES string of the molecule is CCCCCCCCCCCCc1cc[n+](CCCCCC)cc1.[Cl-]. The Morgan fingerprint density at radius 3 is 1.56 bits per heavy atom. The van der Waals surface area contributed by atoms with Crippen molar-refractivity contribution in [2.75, 3.05) is 0 Å². The summed E-state index contributed by atoms with van der Waals surface area (Å²) in [6, 6.07) is 4.65. The molecule has 0 aliphatic rings. The van der Waals surface area contributed by atoms with E-state index in [1.54, 1.807) is 0 Å². The van der Waals surface area contributed by atoms with Crippen LogP contribution in [0.2, 0.25) is 0 Å². The van der Waals surface area contributed by atoms with Crippen LogP contribution in [-0.2, 0) is 13.0 Å². The van der Waals surface area contributed by atoms with Gasteiger partial charge in [-0.1, -0.05) is 84.5 Å². The van der Waals surface area contributed by atoms with E-state index in [-0.39, 0.29) is 12.4 Å². The van der Waals surface area contributed by atoms with E-state index in [1.165, 1.54) is 108 Å². The lowest BCUT2D eigenvalue weighted by molar-refractivity contribution is -0.697. The highest BCUT2D eigenvalue weighted by molar-refractivity contribution is 5.07. The molecule has 0 fully saturated rings. The van der Waals surface area contributed by atoms with E-state index in [9.17, 15) is 0 Å². The Kier molecular flexibility index (Phi) is 17.8. The van der Waals surface area contributed by atoms with Gasteiger partial charge in [0.15, 0.2) is 12.4 Å². The smallest absolute Gasteiger partial charge is 0.169 e. The molecule has 1 aromatic rings. The Morgan fingerprint density at radius 1 is 0.600 bits per heavy atom. The molecule has 0 saturated heterocycles. The number of aromatic nitrogens is 1. The van der Waals surface area contributed by atoms with Gasteiger partial charge in [0.25, 0.3) is 0 Å². The monoisotopic (exact) mass is 367 g/mol. The highest BCUT2D eigenvalue weighted by atomic mass is 35.5. The zero-order chi connectivity index (χ0) is 17.3. The van der Waals surface area contributed by atoms with E-state index in [2.05, 4.69) is 42.9 Å². The Balaban J connectivity index is 0.00000576. The van der Waals surface area contributed by atoms with Crippen molar-refractivity contribution in [1.82, 2.24) is 0 Å². The third kappa shape index (κ3) is 14.3. The van der Waals surface area contributed by atoms with Gasteiger partial charge in [0.05, 0.1) is 0 Å². The Bertz CT molecular complexity index is 374. The van der Waals surface area contributed by atoms with E-state index in [0.29, 0.717) is 0 Å². The van der Waals surface area contributed by atoms with Crippen LogP contribution in [0.5, 0.6) is 0 Å². The number of pyridine rings is 1. The van der Waals surface area contributed by atoms with Gasteiger partial charge in [-0.3, -0.25) is 0 Å². The fourth-order valence-corrected chi connectivity index (χ4v) is 3.34. The molecule has 0 radical (unpaired) electrons. The molecule has 0 aromatic carbocycles. The van der Waals surface area contributed by atoms with Crippen molar-refractivity contribution in [2.45, 2.75) is 117 Å². The molecular formula is C23H42ClN. The first kappa shape index (κ1) is 24.4. The average Bonchev–Trinajstić information content (AvgIpc) is 2.61. The molecule has 0 atom stereocenters. The first-order valence-corrected chi connectivity index (χ1v) is 10.8. The van der Waals surface area contributed by atoms with Crippen LogP contribution < -0.4 is 17.0 Å². The lowest BCUT2D eigenvalue weighted by atomic mass is 10.0. The second-order valence-electron chi connectivity index (χ2n) is 7.44. The zero-order valence-electron chi connectivity index (χ0n) is 16.9. The summed E-state index contributed by atoms with van der Waals surface area (Å²) >= 11 is 0. The van der Waals surface area contributed by atoms with Crippen LogP contribution in [0.3, 0.4) is 0 Å². The van der Waals surface area contributed by atoms with Crippen molar-refractivity contribution in [3.63, 3.8) is 0 Å². The molecule has 0 N–H and O–H groups in total. The standard InChI is InChI=1S/C23H42N.ClH/c1-3-5-7-9-10-11-12-13-14-15-17-23-18-21-24(22-19-23)20-16-8-6-4-2;/h18-19,21-22H,3-17,20H2,1-2H3;1H/q+1;/p-1. The molecule has 0 saturated carbocycles. The summed E-state index contributed by atoms with van der Waals surface area (Å²) < 4.78 is 2.34. The van der Waals surface area contributed by atoms with Gasteiger partial charge < -0.3 is 12.4 Å². The Labute approximate surface area is 164 Å². The maximum absolute atomic E-state index is 2.34. The summed E-state index contributed by atoms with van der Waals surface area (Å²) in [5, 5.41) is 0. The van der Waals surface area contributed by atoms with E-state index in [1.807, 2.05) is 0 Å². The summed E-state index contributed by atoms with van der Waals surface area (Å²) in [6.45, 7) is 5.74. The van der Waals surface area contributed by atoms with Crippen molar-refractivity contribution < 1.29 is 17.0 Å². The van der Waals surface area contributed by atoms with Gasteiger partial charge in [-0.05, 0) is 24.8 Å². The molecule has 0 aliphatic carbocycles. The number of unbranched alkanes of at least 4 members (excludes halogenated alkanes) is 12. The first-order valence-electron chi connectivity index (χ1n) is 10.8. The third-order valence-electron chi connectivity index (χ3n) is 5.05. The van der Waals surface area contributed by atoms with Crippen LogP contribution >= 0.6 is 0 Å². The normalized spacial score (nSPS) is 10.6. The molecule has 1 heterocycles. The maximum atomic E-state index is 2.34. The predicted octanol–water partition coefficient (Wildman–Crippen LogP) is 4.02. The fourth-order valence-electron chi connectivity index (χ4n) is 3.34. The average molecular weight is 368 g/mol. The van der Waals surface area contributed by atoms with Gasteiger partial charge in [0, 0.05) is 18.6 Å². The first-order chi connectivity index (χ1) is 11.9. The van der Waals surface area contributed by atoms with Crippen molar-refractivity contribution in [1.29, 1.82) is 0 Å². The minimum Gasteiger partial charge on any atom is -1.00 e. The van der Waals surface area contributed by atoms with Crippen LogP contribution in [0.15, 0.2) is 24.5 Å². The highest BCUT2D eigenvalue weighted by Crippen LogP contribution is 2.12. The highest BCUT2D eigenvalue weighted by Gasteiger charge is 2.01. The summed E-state index contributed by atoms with van der Waals surface area (Å²) in [7, 11) is 0. The van der Waals surface area contributed by atoms with Crippen molar-refractivity contribution in [3.05, 3.63) is 30.1 Å². The van der Waals surface area contributed by atoms with Gasteiger partial charge in [0.2, 0.25) is 0 Å². The number of rotatable bonds is 16. The predicted molar refractivity (Wildman–Crippen MR) is 106 cm³/mol. The lowest BCUT2D eigenvalue weighted by Crippen LogP contribution is -3.00. The van der Waals surface area contributed by atoms with Crippen molar-refractivity contribution in [3.8, 4) is 0 Å². The molecule has 2 heteroatoms. The van der Waals surface area contributed by atoms with Crippen molar-refractivity contribution in [2.24, 2.45) is 0 Å². The minimum absolute atomic E-state index is 0. The molecular weight excluding hydrogens is 326 g/mol. The molecule has 0 unspecified atom stereocenters. The largest absolute Gasteiger partial charge is 1.00 e. The minimum atomic E-state index is 0. The van der Waals surface area contributed by atoms with Crippen LogP contribution in [-0.4, -0.2) is 0 Å². The topological polar surface area (TPSA) is 3.88 Å². The lowest BCUT2D eigenvalue weighted by Gasteiger charge is -2.03. The molecule has 0 amide bonds. The number of hydrogen-bond acceptors (Lipinski definition) is 0. The zero-order valence-corrected chi connectivity index (χ0v) is 17.7. The van der Waals surface area contributed by atoms with Gasteiger partial charge in [-0.25, -0.2) is 4.57 Å². The number of halogens is 1. The maximum Gasteiger partial charge on any atom is 0.169 e. The van der Waals surface area contributed by atoms with Crippen LogP contribution in [0.25, 0.3) is 0 Å². The van der Waals surface area contributed by atoms with Gasteiger partial charge in [-0.15, -0.1) is 0 Å². The van der Waals surface area contributed by atoms with Crippen LogP contribution in [0.4, 0.5) is 0 Å². The van der Waals surface area contributed by atoms with Gasteiger partial charge in [-0.2, -0.15) is 0 Å². The second kappa shape index (κ2) is 18.2. The Hall–Kier alpha value is -0.560. The van der Waals surface area contributed by atoms with Crippen LogP contribution in [0, 0.1) is 0 Å². The number of aryl methyl sites for hydroxylation is 2. The molecule has 1 aromatic heterocycles. The molecule has 146 valence electrons. The second-order valence-corrected chi connectivity index (χ2v) is 7.44. The Morgan fingerprint density at radius 2 is 1.04 bits per heavy atom. The van der Waals surface area contributed by atoms with E-state index >= 15 is 0 Å². The van der Waals surface area contributed by atoms with E-state index in [0.717, 1.165) is 0 Å². The third-order valence-corrected chi connectivity index (χ3v) is 5.05. The summed E-state index contributed by atoms with van der Waals surface area (Å²) in [5.74, 6) is 0. The number of hydrogen-bond donors (Lipinski definition) is 0. The molecule has 1 nitrogen and oxygen atoms in total. The van der Waals surface area contributed by atoms with E-state index < -0.39 is 0 Å². The molecule has 0 spiro atoms. The molecule has 1 rings (SSSR count). The van der Waals surface area contributed by atoms with E-state index in [4.69, 9.17) is 0 Å². The molecule has 25 heavy (non-hydrogen) atoms. The molecule has 0 bridgehead atoms. The van der Waals surface area contributed by atoms with Crippen LogP contribution in [0.1, 0.15) is 109 Å². The van der Waals surface area contributed by atoms with Gasteiger partial charge in [0.1, 0.15) is 6.54 Å². The molecule has 0 aliphatic heterocycles. The summed E-state index contributed by atoms with van der Waals surface area (Å²) in [4.78, 5) is 0.